The standard InChI is InChI=1S/C15H22BrN3O3/c16-13-1-3-14(4-2-13)22-10-6-18-15(20)17-5-7-19-8-11-21-12-9-19/h1-4H,5-12H2,(H2,17,18,20). The molecule has 7 heteroatoms. The fraction of sp³-hybridized carbons (Fsp3) is 0.533. The maximum Gasteiger partial charge on any atom is 0.314 e. The average Bonchev–Trinajstić information content (AvgIpc) is 2.54. The third-order valence-corrected chi connectivity index (χ3v) is 3.82. The van der Waals surface area contributed by atoms with Crippen molar-refractivity contribution in [3.8, 4) is 5.75 Å². The molecule has 1 fully saturated rings. The number of amides is 2. The molecule has 0 aromatic heterocycles. The van der Waals surface area contributed by atoms with Gasteiger partial charge in [0.25, 0.3) is 0 Å². The summed E-state index contributed by atoms with van der Waals surface area (Å²) < 4.78 is 11.8. The number of nitrogens with one attached hydrogen (secondary N) is 2. The first-order valence-electron chi connectivity index (χ1n) is 7.44. The third kappa shape index (κ3) is 6.64. The molecular formula is C15H22BrN3O3. The van der Waals surface area contributed by atoms with Crippen molar-refractivity contribution >= 4 is 22.0 Å². The molecule has 0 aliphatic carbocycles. The molecule has 0 saturated carbocycles. The summed E-state index contributed by atoms with van der Waals surface area (Å²) in [6, 6.07) is 7.44. The van der Waals surface area contributed by atoms with Crippen LogP contribution in [0.15, 0.2) is 28.7 Å². The molecule has 0 unspecified atom stereocenters. The summed E-state index contributed by atoms with van der Waals surface area (Å²) in [6.07, 6.45) is 0. The van der Waals surface area contributed by atoms with Crippen LogP contribution in [0.3, 0.4) is 0 Å². The quantitative estimate of drug-likeness (QED) is 0.712. The van der Waals surface area contributed by atoms with Gasteiger partial charge in [-0.2, -0.15) is 0 Å². The first kappa shape index (κ1) is 17.1. The molecule has 6 nitrogen and oxygen atoms in total. The molecule has 0 spiro atoms. The smallest absolute Gasteiger partial charge is 0.314 e. The normalized spacial score (nSPS) is 15.3. The van der Waals surface area contributed by atoms with Gasteiger partial charge in [-0.15, -0.1) is 0 Å². The first-order chi connectivity index (χ1) is 10.7. The number of rotatable bonds is 7. The molecule has 1 aliphatic heterocycles. The van der Waals surface area contributed by atoms with Crippen molar-refractivity contribution in [3.63, 3.8) is 0 Å². The van der Waals surface area contributed by atoms with Crippen LogP contribution in [-0.2, 0) is 4.74 Å². The van der Waals surface area contributed by atoms with Crippen LogP contribution in [0.2, 0.25) is 0 Å². The van der Waals surface area contributed by atoms with E-state index in [1.54, 1.807) is 0 Å². The Bertz CT molecular complexity index is 450. The summed E-state index contributed by atoms with van der Waals surface area (Å²) in [4.78, 5) is 13.9. The Hall–Kier alpha value is -1.31. The number of carbonyl (C=O) groups excluding carboxylic acids is 1. The topological polar surface area (TPSA) is 62.8 Å². The second-order valence-corrected chi connectivity index (χ2v) is 5.85. The van der Waals surface area contributed by atoms with E-state index in [4.69, 9.17) is 9.47 Å². The van der Waals surface area contributed by atoms with E-state index < -0.39 is 0 Å². The zero-order valence-electron chi connectivity index (χ0n) is 12.5. The fourth-order valence-electron chi connectivity index (χ4n) is 2.08. The lowest BCUT2D eigenvalue weighted by atomic mass is 10.3. The van der Waals surface area contributed by atoms with Crippen molar-refractivity contribution in [2.24, 2.45) is 0 Å². The highest BCUT2D eigenvalue weighted by Crippen LogP contribution is 2.15. The van der Waals surface area contributed by atoms with Crippen molar-refractivity contribution in [1.82, 2.24) is 15.5 Å². The number of ether oxygens (including phenoxy) is 2. The summed E-state index contributed by atoms with van der Waals surface area (Å²) in [7, 11) is 0. The molecule has 122 valence electrons. The Balaban J connectivity index is 1.49. The molecule has 2 N–H and O–H groups in total. The van der Waals surface area contributed by atoms with Crippen molar-refractivity contribution in [2.75, 3.05) is 52.5 Å². The predicted octanol–water partition coefficient (Wildman–Crippen LogP) is 1.46. The van der Waals surface area contributed by atoms with Crippen molar-refractivity contribution in [3.05, 3.63) is 28.7 Å². The zero-order chi connectivity index (χ0) is 15.6. The lowest BCUT2D eigenvalue weighted by molar-refractivity contribution is 0.0387. The molecule has 1 aromatic rings. The van der Waals surface area contributed by atoms with Crippen molar-refractivity contribution < 1.29 is 14.3 Å². The Kier molecular flexibility index (Phi) is 7.48. The van der Waals surface area contributed by atoms with E-state index >= 15 is 0 Å². The van der Waals surface area contributed by atoms with E-state index in [-0.39, 0.29) is 6.03 Å². The molecule has 0 radical (unpaired) electrons. The van der Waals surface area contributed by atoms with Gasteiger partial charge in [-0.25, -0.2) is 4.79 Å². The number of hydrogen-bond acceptors (Lipinski definition) is 4. The van der Waals surface area contributed by atoms with Gasteiger partial charge in [0.05, 0.1) is 19.8 Å². The van der Waals surface area contributed by atoms with Crippen LogP contribution < -0.4 is 15.4 Å². The largest absolute Gasteiger partial charge is 0.492 e. The second kappa shape index (κ2) is 9.66. The Morgan fingerprint density at radius 2 is 1.86 bits per heavy atom. The molecule has 1 aromatic carbocycles. The van der Waals surface area contributed by atoms with Crippen molar-refractivity contribution in [2.45, 2.75) is 0 Å². The lowest BCUT2D eigenvalue weighted by Gasteiger charge is -2.26. The number of halogens is 1. The van der Waals surface area contributed by atoms with E-state index in [1.807, 2.05) is 24.3 Å². The van der Waals surface area contributed by atoms with Crippen LogP contribution in [0, 0.1) is 0 Å². The van der Waals surface area contributed by atoms with Gasteiger partial charge in [-0.1, -0.05) is 15.9 Å². The van der Waals surface area contributed by atoms with Gasteiger partial charge in [-0.3, -0.25) is 4.90 Å². The first-order valence-corrected chi connectivity index (χ1v) is 8.23. The fourth-order valence-corrected chi connectivity index (χ4v) is 2.34. The number of urea groups is 1. The monoisotopic (exact) mass is 371 g/mol. The molecule has 1 saturated heterocycles. The number of benzene rings is 1. The van der Waals surface area contributed by atoms with Crippen LogP contribution in [0.4, 0.5) is 4.79 Å². The molecular weight excluding hydrogens is 350 g/mol. The Morgan fingerprint density at radius 3 is 2.59 bits per heavy atom. The number of morpholine rings is 1. The average molecular weight is 372 g/mol. The van der Waals surface area contributed by atoms with E-state index in [0.29, 0.717) is 19.7 Å². The Morgan fingerprint density at radius 1 is 1.18 bits per heavy atom. The minimum absolute atomic E-state index is 0.160. The van der Waals surface area contributed by atoms with Crippen LogP contribution in [0.25, 0.3) is 0 Å². The van der Waals surface area contributed by atoms with Gasteiger partial charge in [-0.05, 0) is 24.3 Å². The summed E-state index contributed by atoms with van der Waals surface area (Å²) in [5, 5.41) is 5.62. The van der Waals surface area contributed by atoms with Crippen LogP contribution in [0.1, 0.15) is 0 Å². The summed E-state index contributed by atoms with van der Waals surface area (Å²) in [6.45, 7) is 5.83. The summed E-state index contributed by atoms with van der Waals surface area (Å²) >= 11 is 3.37. The van der Waals surface area contributed by atoms with Crippen LogP contribution in [0.5, 0.6) is 5.75 Å². The molecule has 2 rings (SSSR count). The summed E-state index contributed by atoms with van der Waals surface area (Å²) in [5.74, 6) is 0.790. The molecule has 0 atom stereocenters. The number of nitrogens with zero attached hydrogens (tertiary/aromatic N) is 1. The molecule has 0 bridgehead atoms. The maximum absolute atomic E-state index is 11.6. The minimum Gasteiger partial charge on any atom is -0.492 e. The number of hydrogen-bond donors (Lipinski definition) is 2. The highest BCUT2D eigenvalue weighted by molar-refractivity contribution is 9.10. The molecule has 1 heterocycles. The van der Waals surface area contributed by atoms with E-state index in [2.05, 4.69) is 31.5 Å². The van der Waals surface area contributed by atoms with Gasteiger partial charge in [0.1, 0.15) is 12.4 Å². The van der Waals surface area contributed by atoms with Crippen LogP contribution in [-0.4, -0.2) is 63.5 Å². The minimum atomic E-state index is -0.160. The van der Waals surface area contributed by atoms with Crippen molar-refractivity contribution in [1.29, 1.82) is 0 Å². The zero-order valence-corrected chi connectivity index (χ0v) is 14.1. The van der Waals surface area contributed by atoms with Gasteiger partial charge in [0, 0.05) is 30.7 Å². The van der Waals surface area contributed by atoms with Gasteiger partial charge < -0.3 is 20.1 Å². The van der Waals surface area contributed by atoms with Gasteiger partial charge in [0.2, 0.25) is 0 Å². The highest BCUT2D eigenvalue weighted by atomic mass is 79.9. The predicted molar refractivity (Wildman–Crippen MR) is 88.3 cm³/mol. The van der Waals surface area contributed by atoms with Gasteiger partial charge >= 0.3 is 6.03 Å². The second-order valence-electron chi connectivity index (χ2n) is 4.94. The van der Waals surface area contributed by atoms with Crippen LogP contribution >= 0.6 is 15.9 Å². The third-order valence-electron chi connectivity index (χ3n) is 3.29. The lowest BCUT2D eigenvalue weighted by Crippen LogP contribution is -2.44. The van der Waals surface area contributed by atoms with E-state index in [1.165, 1.54) is 0 Å². The Labute approximate surface area is 139 Å². The molecule has 1 aliphatic rings. The number of carbonyl (C=O) groups is 1. The SMILES string of the molecule is O=C(NCCOc1ccc(Br)cc1)NCCN1CCOCC1. The van der Waals surface area contributed by atoms with E-state index in [9.17, 15) is 4.79 Å². The molecule has 2 amide bonds. The maximum atomic E-state index is 11.6. The summed E-state index contributed by atoms with van der Waals surface area (Å²) in [5.41, 5.74) is 0. The van der Waals surface area contributed by atoms with Gasteiger partial charge in [0.15, 0.2) is 0 Å². The highest BCUT2D eigenvalue weighted by Gasteiger charge is 2.09. The van der Waals surface area contributed by atoms with E-state index in [0.717, 1.165) is 43.1 Å². The molecule has 22 heavy (non-hydrogen) atoms.